The van der Waals surface area contributed by atoms with E-state index < -0.39 is 0 Å². The van der Waals surface area contributed by atoms with Crippen LogP contribution in [0, 0.1) is 6.92 Å². The molecule has 116 valence electrons. The molecule has 1 aromatic heterocycles. The van der Waals surface area contributed by atoms with Crippen LogP contribution in [0.15, 0.2) is 66.9 Å². The quantitative estimate of drug-likeness (QED) is 0.564. The average Bonchev–Trinajstić information content (AvgIpc) is 2.54. The molecule has 1 nitrogen and oxygen atoms in total. The summed E-state index contributed by atoms with van der Waals surface area (Å²) >= 11 is 0. The van der Waals surface area contributed by atoms with Crippen molar-refractivity contribution in [1.82, 2.24) is 4.98 Å². The zero-order chi connectivity index (χ0) is 16.4. The molecule has 3 aromatic rings. The summed E-state index contributed by atoms with van der Waals surface area (Å²) in [5, 5.41) is 0. The summed E-state index contributed by atoms with van der Waals surface area (Å²) in [6, 6.07) is 21.5. The highest BCUT2D eigenvalue weighted by molar-refractivity contribution is 5.74. The Bertz CT molecular complexity index is 825. The van der Waals surface area contributed by atoms with Crippen LogP contribution < -0.4 is 0 Å². The maximum Gasteiger partial charge on any atom is 0.0704 e. The SMILES string of the molecule is Cc1ccnc(-c2cccc(-c3ccccc3C(C)(C)C)c2)c1. The second-order valence-electron chi connectivity index (χ2n) is 7.09. The van der Waals surface area contributed by atoms with Crippen molar-refractivity contribution in [3.05, 3.63) is 78.0 Å². The van der Waals surface area contributed by atoms with Crippen molar-refractivity contribution >= 4 is 0 Å². The average molecular weight is 301 g/mol. The van der Waals surface area contributed by atoms with E-state index in [2.05, 4.69) is 87.3 Å². The van der Waals surface area contributed by atoms with Crippen LogP contribution in [0.25, 0.3) is 22.4 Å². The van der Waals surface area contributed by atoms with Crippen molar-refractivity contribution < 1.29 is 0 Å². The minimum absolute atomic E-state index is 0.119. The minimum Gasteiger partial charge on any atom is -0.256 e. The zero-order valence-corrected chi connectivity index (χ0v) is 14.3. The summed E-state index contributed by atoms with van der Waals surface area (Å²) in [5.41, 5.74) is 7.46. The zero-order valence-electron chi connectivity index (χ0n) is 14.3. The standard InChI is InChI=1S/C22H23N/c1-16-12-13-23-21(14-16)18-9-7-8-17(15-18)19-10-5-6-11-20(19)22(2,3)4/h5-15H,1-4H3. The summed E-state index contributed by atoms with van der Waals surface area (Å²) in [7, 11) is 0. The van der Waals surface area contributed by atoms with Crippen LogP contribution in [0.3, 0.4) is 0 Å². The first-order valence-corrected chi connectivity index (χ1v) is 8.08. The van der Waals surface area contributed by atoms with Crippen molar-refractivity contribution in [3.63, 3.8) is 0 Å². The second-order valence-corrected chi connectivity index (χ2v) is 7.09. The Kier molecular flexibility index (Phi) is 4.04. The van der Waals surface area contributed by atoms with Crippen LogP contribution in [0.2, 0.25) is 0 Å². The fourth-order valence-corrected chi connectivity index (χ4v) is 2.93. The molecule has 23 heavy (non-hydrogen) atoms. The van der Waals surface area contributed by atoms with Gasteiger partial charge in [-0.1, -0.05) is 63.2 Å². The molecule has 1 heteroatoms. The minimum atomic E-state index is 0.119. The van der Waals surface area contributed by atoms with Crippen LogP contribution >= 0.6 is 0 Å². The number of nitrogens with zero attached hydrogens (tertiary/aromatic N) is 1. The number of pyridine rings is 1. The van der Waals surface area contributed by atoms with E-state index in [1.807, 2.05) is 12.3 Å². The van der Waals surface area contributed by atoms with Crippen LogP contribution in [0.1, 0.15) is 31.9 Å². The fourth-order valence-electron chi connectivity index (χ4n) is 2.93. The Balaban J connectivity index is 2.12. The van der Waals surface area contributed by atoms with Crippen LogP contribution in [0.5, 0.6) is 0 Å². The van der Waals surface area contributed by atoms with Crippen LogP contribution in [-0.2, 0) is 5.41 Å². The highest BCUT2D eigenvalue weighted by Crippen LogP contribution is 2.34. The first-order chi connectivity index (χ1) is 10.9. The molecule has 0 N–H and O–H groups in total. The van der Waals surface area contributed by atoms with Gasteiger partial charge < -0.3 is 0 Å². The van der Waals surface area contributed by atoms with E-state index in [4.69, 9.17) is 0 Å². The van der Waals surface area contributed by atoms with Gasteiger partial charge in [-0.3, -0.25) is 4.98 Å². The van der Waals surface area contributed by atoms with E-state index in [1.165, 1.54) is 22.3 Å². The van der Waals surface area contributed by atoms with Gasteiger partial charge in [-0.2, -0.15) is 0 Å². The summed E-state index contributed by atoms with van der Waals surface area (Å²) < 4.78 is 0. The molecule has 0 aliphatic rings. The number of benzene rings is 2. The third-order valence-electron chi connectivity index (χ3n) is 4.12. The van der Waals surface area contributed by atoms with Crippen molar-refractivity contribution in [3.8, 4) is 22.4 Å². The predicted octanol–water partition coefficient (Wildman–Crippen LogP) is 6.02. The number of rotatable bonds is 2. The van der Waals surface area contributed by atoms with E-state index in [9.17, 15) is 0 Å². The molecule has 0 spiro atoms. The van der Waals surface area contributed by atoms with Crippen LogP contribution in [0.4, 0.5) is 0 Å². The summed E-state index contributed by atoms with van der Waals surface area (Å²) in [5.74, 6) is 0. The van der Waals surface area contributed by atoms with E-state index in [0.717, 1.165) is 11.3 Å². The molecule has 0 amide bonds. The third-order valence-corrected chi connectivity index (χ3v) is 4.12. The van der Waals surface area contributed by atoms with Crippen molar-refractivity contribution in [2.24, 2.45) is 0 Å². The highest BCUT2D eigenvalue weighted by Gasteiger charge is 2.18. The van der Waals surface area contributed by atoms with Gasteiger partial charge in [-0.15, -0.1) is 0 Å². The number of hydrogen-bond donors (Lipinski definition) is 0. The summed E-state index contributed by atoms with van der Waals surface area (Å²) in [4.78, 5) is 4.52. The lowest BCUT2D eigenvalue weighted by atomic mass is 9.81. The first kappa shape index (κ1) is 15.5. The van der Waals surface area contributed by atoms with Gasteiger partial charge in [0.05, 0.1) is 5.69 Å². The second kappa shape index (κ2) is 6.00. The van der Waals surface area contributed by atoms with Gasteiger partial charge in [-0.25, -0.2) is 0 Å². The molecule has 0 unspecified atom stereocenters. The molecule has 0 aliphatic heterocycles. The Labute approximate surface area is 139 Å². The molecule has 0 fully saturated rings. The molecule has 0 atom stereocenters. The topological polar surface area (TPSA) is 12.9 Å². The van der Waals surface area contributed by atoms with E-state index >= 15 is 0 Å². The van der Waals surface area contributed by atoms with E-state index in [-0.39, 0.29) is 5.41 Å². The Morgan fingerprint density at radius 1 is 0.783 bits per heavy atom. The van der Waals surface area contributed by atoms with Crippen molar-refractivity contribution in [2.75, 3.05) is 0 Å². The monoisotopic (exact) mass is 301 g/mol. The van der Waals surface area contributed by atoms with Gasteiger partial charge in [0.1, 0.15) is 0 Å². The third kappa shape index (κ3) is 3.34. The Morgan fingerprint density at radius 2 is 1.52 bits per heavy atom. The van der Waals surface area contributed by atoms with Gasteiger partial charge >= 0.3 is 0 Å². The molecule has 0 radical (unpaired) electrons. The van der Waals surface area contributed by atoms with Gasteiger partial charge in [0.25, 0.3) is 0 Å². The Hall–Kier alpha value is -2.41. The van der Waals surface area contributed by atoms with Gasteiger partial charge in [0, 0.05) is 11.8 Å². The normalized spacial score (nSPS) is 11.5. The lowest BCUT2D eigenvalue weighted by molar-refractivity contribution is 0.592. The van der Waals surface area contributed by atoms with Crippen LogP contribution in [-0.4, -0.2) is 4.98 Å². The molecule has 1 heterocycles. The predicted molar refractivity (Wildman–Crippen MR) is 98.5 cm³/mol. The lowest BCUT2D eigenvalue weighted by Gasteiger charge is -2.23. The molecular weight excluding hydrogens is 278 g/mol. The van der Waals surface area contributed by atoms with Crippen molar-refractivity contribution in [1.29, 1.82) is 0 Å². The molecular formula is C22H23N. The summed E-state index contributed by atoms with van der Waals surface area (Å²) in [6.07, 6.45) is 1.88. The molecule has 0 saturated carbocycles. The number of aromatic nitrogens is 1. The Morgan fingerprint density at radius 3 is 2.26 bits per heavy atom. The number of hydrogen-bond acceptors (Lipinski definition) is 1. The maximum absolute atomic E-state index is 4.52. The summed E-state index contributed by atoms with van der Waals surface area (Å²) in [6.45, 7) is 8.89. The lowest BCUT2D eigenvalue weighted by Crippen LogP contribution is -2.12. The van der Waals surface area contributed by atoms with Crippen molar-refractivity contribution in [2.45, 2.75) is 33.1 Å². The van der Waals surface area contributed by atoms with E-state index in [0.29, 0.717) is 0 Å². The molecule has 0 saturated heterocycles. The van der Waals surface area contributed by atoms with Gasteiger partial charge in [-0.05, 0) is 52.8 Å². The molecule has 0 bridgehead atoms. The van der Waals surface area contributed by atoms with Gasteiger partial charge in [0.2, 0.25) is 0 Å². The largest absolute Gasteiger partial charge is 0.256 e. The molecule has 2 aromatic carbocycles. The van der Waals surface area contributed by atoms with E-state index in [1.54, 1.807) is 0 Å². The molecule has 0 aliphatic carbocycles. The number of aryl methyl sites for hydroxylation is 1. The first-order valence-electron chi connectivity index (χ1n) is 8.08. The fraction of sp³-hybridized carbons (Fsp3) is 0.227. The maximum atomic E-state index is 4.52. The highest BCUT2D eigenvalue weighted by atomic mass is 14.7. The van der Waals surface area contributed by atoms with Gasteiger partial charge in [0.15, 0.2) is 0 Å². The molecule has 3 rings (SSSR count). The smallest absolute Gasteiger partial charge is 0.0704 e.